The van der Waals surface area contributed by atoms with Crippen LogP contribution in [0.15, 0.2) is 60.7 Å². The minimum Gasteiger partial charge on any atom is -0.379 e. The van der Waals surface area contributed by atoms with Crippen molar-refractivity contribution in [1.29, 1.82) is 0 Å². The second-order valence-corrected chi connectivity index (χ2v) is 6.17. The second kappa shape index (κ2) is 9.16. The van der Waals surface area contributed by atoms with E-state index in [1.54, 1.807) is 6.08 Å². The Balaban J connectivity index is 1.50. The second-order valence-electron chi connectivity index (χ2n) is 6.17. The summed E-state index contributed by atoms with van der Waals surface area (Å²) in [5, 5.41) is 2.94. The summed E-state index contributed by atoms with van der Waals surface area (Å²) in [5.74, 6) is -0.0811. The third kappa shape index (κ3) is 5.85. The van der Waals surface area contributed by atoms with Crippen molar-refractivity contribution in [3.05, 3.63) is 77.4 Å². The quantitative estimate of drug-likeness (QED) is 0.825. The number of nitrogens with zero attached hydrogens (tertiary/aromatic N) is 1. The molecule has 1 N–H and O–H groups in total. The Hall–Kier alpha value is -2.43. The number of rotatable bonds is 6. The van der Waals surface area contributed by atoms with Crippen LogP contribution in [-0.4, -0.2) is 37.1 Å². The SMILES string of the molecule is O=C(/C=C/c1ccccc1)NCc1cccc(CN2CCOCC2)c1. The Morgan fingerprint density at radius 1 is 1.04 bits per heavy atom. The minimum atomic E-state index is -0.0811. The highest BCUT2D eigenvalue weighted by molar-refractivity contribution is 5.91. The maximum atomic E-state index is 12.0. The molecule has 0 radical (unpaired) electrons. The summed E-state index contributed by atoms with van der Waals surface area (Å²) < 4.78 is 5.39. The summed E-state index contributed by atoms with van der Waals surface area (Å²) in [6.07, 6.45) is 3.40. The fraction of sp³-hybridized carbons (Fsp3) is 0.286. The standard InChI is InChI=1S/C21H24N2O2/c24-21(10-9-18-5-2-1-3-6-18)22-16-19-7-4-8-20(15-19)17-23-11-13-25-14-12-23/h1-10,15H,11-14,16-17H2,(H,22,24)/b10-9+. The molecule has 0 aliphatic carbocycles. The molecule has 130 valence electrons. The van der Waals surface area contributed by atoms with Gasteiger partial charge < -0.3 is 10.1 Å². The molecule has 2 aromatic rings. The van der Waals surface area contributed by atoms with Gasteiger partial charge in [-0.05, 0) is 22.8 Å². The first-order valence-corrected chi connectivity index (χ1v) is 8.68. The van der Waals surface area contributed by atoms with Gasteiger partial charge >= 0.3 is 0 Å². The summed E-state index contributed by atoms with van der Waals surface area (Å²) >= 11 is 0. The van der Waals surface area contributed by atoms with Crippen molar-refractivity contribution < 1.29 is 9.53 Å². The predicted octanol–water partition coefficient (Wildman–Crippen LogP) is 2.85. The molecule has 0 atom stereocenters. The van der Waals surface area contributed by atoms with E-state index in [9.17, 15) is 4.79 Å². The topological polar surface area (TPSA) is 41.6 Å². The average molecular weight is 336 g/mol. The minimum absolute atomic E-state index is 0.0811. The molecule has 1 aliphatic rings. The molecule has 0 aromatic heterocycles. The zero-order valence-electron chi connectivity index (χ0n) is 14.4. The smallest absolute Gasteiger partial charge is 0.244 e. The Kier molecular flexibility index (Phi) is 6.37. The number of hydrogen-bond donors (Lipinski definition) is 1. The van der Waals surface area contributed by atoms with E-state index in [0.29, 0.717) is 6.54 Å². The molecule has 25 heavy (non-hydrogen) atoms. The van der Waals surface area contributed by atoms with Crippen molar-refractivity contribution >= 4 is 12.0 Å². The first-order chi connectivity index (χ1) is 12.3. The normalized spacial score (nSPS) is 15.4. The summed E-state index contributed by atoms with van der Waals surface area (Å²) in [5.41, 5.74) is 3.41. The van der Waals surface area contributed by atoms with Crippen molar-refractivity contribution in [2.45, 2.75) is 13.1 Å². The van der Waals surface area contributed by atoms with Gasteiger partial charge in [-0.2, -0.15) is 0 Å². The number of ether oxygens (including phenoxy) is 1. The molecule has 0 bridgehead atoms. The van der Waals surface area contributed by atoms with Crippen LogP contribution in [0.25, 0.3) is 6.08 Å². The van der Waals surface area contributed by atoms with Crippen LogP contribution >= 0.6 is 0 Å². The van der Waals surface area contributed by atoms with E-state index in [0.717, 1.165) is 44.0 Å². The van der Waals surface area contributed by atoms with Crippen molar-refractivity contribution in [1.82, 2.24) is 10.2 Å². The number of carbonyl (C=O) groups excluding carboxylic acids is 1. The molecule has 3 rings (SSSR count). The van der Waals surface area contributed by atoms with E-state index < -0.39 is 0 Å². The van der Waals surface area contributed by atoms with Gasteiger partial charge in [-0.1, -0.05) is 54.6 Å². The van der Waals surface area contributed by atoms with Crippen molar-refractivity contribution in [3.8, 4) is 0 Å². The highest BCUT2D eigenvalue weighted by atomic mass is 16.5. The van der Waals surface area contributed by atoms with Crippen molar-refractivity contribution in [2.24, 2.45) is 0 Å². The number of hydrogen-bond acceptors (Lipinski definition) is 3. The molecule has 1 saturated heterocycles. The van der Waals surface area contributed by atoms with E-state index >= 15 is 0 Å². The third-order valence-electron chi connectivity index (χ3n) is 4.19. The molecule has 1 heterocycles. The maximum absolute atomic E-state index is 12.0. The van der Waals surface area contributed by atoms with E-state index in [1.165, 1.54) is 5.56 Å². The van der Waals surface area contributed by atoms with E-state index in [1.807, 2.05) is 42.5 Å². The zero-order chi connectivity index (χ0) is 17.3. The highest BCUT2D eigenvalue weighted by Crippen LogP contribution is 2.10. The molecule has 2 aromatic carbocycles. The highest BCUT2D eigenvalue weighted by Gasteiger charge is 2.10. The molecule has 0 spiro atoms. The summed E-state index contributed by atoms with van der Waals surface area (Å²) in [4.78, 5) is 14.4. The third-order valence-corrected chi connectivity index (χ3v) is 4.19. The van der Waals surface area contributed by atoms with Gasteiger partial charge in [0, 0.05) is 32.3 Å². The van der Waals surface area contributed by atoms with Gasteiger partial charge in [-0.15, -0.1) is 0 Å². The van der Waals surface area contributed by atoms with Crippen LogP contribution in [0, 0.1) is 0 Å². The lowest BCUT2D eigenvalue weighted by Crippen LogP contribution is -2.35. The van der Waals surface area contributed by atoms with Gasteiger partial charge in [-0.25, -0.2) is 0 Å². The van der Waals surface area contributed by atoms with Crippen LogP contribution in [0.4, 0.5) is 0 Å². The molecule has 0 unspecified atom stereocenters. The number of morpholine rings is 1. The van der Waals surface area contributed by atoms with Gasteiger partial charge in [0.05, 0.1) is 13.2 Å². The lowest BCUT2D eigenvalue weighted by atomic mass is 10.1. The maximum Gasteiger partial charge on any atom is 0.244 e. The first-order valence-electron chi connectivity index (χ1n) is 8.68. The largest absolute Gasteiger partial charge is 0.379 e. The Bertz CT molecular complexity index is 707. The average Bonchev–Trinajstić information content (AvgIpc) is 2.67. The van der Waals surface area contributed by atoms with Crippen LogP contribution < -0.4 is 5.32 Å². The fourth-order valence-corrected chi connectivity index (χ4v) is 2.84. The van der Waals surface area contributed by atoms with Gasteiger partial charge in [0.25, 0.3) is 0 Å². The van der Waals surface area contributed by atoms with Crippen molar-refractivity contribution in [2.75, 3.05) is 26.3 Å². The van der Waals surface area contributed by atoms with Crippen LogP contribution in [-0.2, 0) is 22.6 Å². The molecule has 4 nitrogen and oxygen atoms in total. The monoisotopic (exact) mass is 336 g/mol. The van der Waals surface area contributed by atoms with Gasteiger partial charge in [0.15, 0.2) is 0 Å². The molecule has 4 heteroatoms. The van der Waals surface area contributed by atoms with Gasteiger partial charge in [-0.3, -0.25) is 9.69 Å². The predicted molar refractivity (Wildman–Crippen MR) is 99.9 cm³/mol. The van der Waals surface area contributed by atoms with Gasteiger partial charge in [0.1, 0.15) is 0 Å². The zero-order valence-corrected chi connectivity index (χ0v) is 14.4. The first kappa shape index (κ1) is 17.4. The number of carbonyl (C=O) groups is 1. The van der Waals surface area contributed by atoms with Crippen LogP contribution in [0.3, 0.4) is 0 Å². The number of amides is 1. The summed E-state index contributed by atoms with van der Waals surface area (Å²) in [7, 11) is 0. The molecule has 0 saturated carbocycles. The number of benzene rings is 2. The van der Waals surface area contributed by atoms with E-state index in [-0.39, 0.29) is 5.91 Å². The Labute approximate surface area is 149 Å². The summed E-state index contributed by atoms with van der Waals surface area (Å²) in [6.45, 7) is 5.04. The van der Waals surface area contributed by atoms with Crippen LogP contribution in [0.5, 0.6) is 0 Å². The van der Waals surface area contributed by atoms with Crippen LogP contribution in [0.2, 0.25) is 0 Å². The molecule has 1 aliphatic heterocycles. The Morgan fingerprint density at radius 2 is 1.80 bits per heavy atom. The van der Waals surface area contributed by atoms with E-state index in [4.69, 9.17) is 4.74 Å². The van der Waals surface area contributed by atoms with Gasteiger partial charge in [0.2, 0.25) is 5.91 Å². The molecule has 1 amide bonds. The molecular weight excluding hydrogens is 312 g/mol. The Morgan fingerprint density at radius 3 is 2.60 bits per heavy atom. The lowest BCUT2D eigenvalue weighted by Gasteiger charge is -2.26. The molecular formula is C21H24N2O2. The van der Waals surface area contributed by atoms with E-state index in [2.05, 4.69) is 28.4 Å². The van der Waals surface area contributed by atoms with Crippen LogP contribution in [0.1, 0.15) is 16.7 Å². The summed E-state index contributed by atoms with van der Waals surface area (Å²) in [6, 6.07) is 18.2. The molecule has 1 fully saturated rings. The lowest BCUT2D eigenvalue weighted by molar-refractivity contribution is -0.116. The van der Waals surface area contributed by atoms with Crippen molar-refractivity contribution in [3.63, 3.8) is 0 Å². The number of nitrogens with one attached hydrogen (secondary N) is 1. The fourth-order valence-electron chi connectivity index (χ4n) is 2.84.